The highest BCUT2D eigenvalue weighted by molar-refractivity contribution is 5.84. The van der Waals surface area contributed by atoms with Crippen LogP contribution in [0.1, 0.15) is 0 Å². The van der Waals surface area contributed by atoms with Gasteiger partial charge in [0.05, 0.1) is 12.2 Å². The quantitative estimate of drug-likeness (QED) is 0.478. The molecule has 0 unspecified atom stereocenters. The highest BCUT2D eigenvalue weighted by atomic mass is 14.9. The molecule has 0 heterocycles. The second-order valence-electron chi connectivity index (χ2n) is 2.14. The summed E-state index contributed by atoms with van der Waals surface area (Å²) in [6, 6.07) is 9.49. The van der Waals surface area contributed by atoms with Crippen LogP contribution in [0.25, 0.3) is 0 Å². The first-order chi connectivity index (χ1) is 5.33. The van der Waals surface area contributed by atoms with Crippen LogP contribution >= 0.6 is 0 Å². The molecule has 4 N–H and O–H groups in total. The summed E-state index contributed by atoms with van der Waals surface area (Å²) in [6.07, 6.45) is 0. The number of hydrogen-bond acceptors (Lipinski definition) is 2. The maximum Gasteiger partial charge on any atom is 0.113 e. The summed E-state index contributed by atoms with van der Waals surface area (Å²) in [5.74, 6) is 0.455. The zero-order chi connectivity index (χ0) is 8.10. The average molecular weight is 149 g/mol. The molecular weight excluding hydrogens is 138 g/mol. The van der Waals surface area contributed by atoms with Gasteiger partial charge in [0.25, 0.3) is 0 Å². The Morgan fingerprint density at radius 1 is 1.27 bits per heavy atom. The zero-order valence-electron chi connectivity index (χ0n) is 6.20. The van der Waals surface area contributed by atoms with Gasteiger partial charge in [-0.25, -0.2) is 4.99 Å². The number of benzene rings is 1. The lowest BCUT2D eigenvalue weighted by molar-refractivity contribution is 1.26. The molecule has 0 bridgehead atoms. The van der Waals surface area contributed by atoms with Gasteiger partial charge in [0.15, 0.2) is 0 Å². The van der Waals surface area contributed by atoms with Crippen molar-refractivity contribution in [3.63, 3.8) is 0 Å². The number of rotatable bonds is 2. The van der Waals surface area contributed by atoms with Gasteiger partial charge in [-0.05, 0) is 12.1 Å². The molecular formula is C8H11N3. The van der Waals surface area contributed by atoms with Crippen LogP contribution < -0.4 is 11.5 Å². The first-order valence-corrected chi connectivity index (χ1v) is 3.41. The van der Waals surface area contributed by atoms with E-state index in [0.717, 1.165) is 5.69 Å². The highest BCUT2D eigenvalue weighted by Crippen LogP contribution is 2.08. The maximum absolute atomic E-state index is 5.43. The Bertz CT molecular complexity index is 241. The number of para-hydroxylation sites is 1. The molecule has 0 atom stereocenters. The monoisotopic (exact) mass is 149 g/mol. The molecule has 1 rings (SSSR count). The average Bonchev–Trinajstić information content (AvgIpc) is 2.06. The van der Waals surface area contributed by atoms with Gasteiger partial charge in [-0.1, -0.05) is 18.2 Å². The minimum Gasteiger partial charge on any atom is -0.386 e. The van der Waals surface area contributed by atoms with Crippen LogP contribution in [0, 0.1) is 0 Å². The van der Waals surface area contributed by atoms with Crippen molar-refractivity contribution in [2.24, 2.45) is 16.5 Å². The van der Waals surface area contributed by atoms with Crippen molar-refractivity contribution in [2.45, 2.75) is 0 Å². The van der Waals surface area contributed by atoms with E-state index in [4.69, 9.17) is 11.5 Å². The molecule has 11 heavy (non-hydrogen) atoms. The molecule has 1 aromatic carbocycles. The van der Waals surface area contributed by atoms with Crippen molar-refractivity contribution in [3.8, 4) is 0 Å². The summed E-state index contributed by atoms with van der Waals surface area (Å²) in [4.78, 5) is 4.05. The molecule has 1 aromatic rings. The lowest BCUT2D eigenvalue weighted by Gasteiger charge is -1.94. The van der Waals surface area contributed by atoms with Gasteiger partial charge in [-0.2, -0.15) is 0 Å². The summed E-state index contributed by atoms with van der Waals surface area (Å²) >= 11 is 0. The minimum absolute atomic E-state index is 0.300. The fourth-order valence-corrected chi connectivity index (χ4v) is 0.714. The molecule has 0 aromatic heterocycles. The van der Waals surface area contributed by atoms with Gasteiger partial charge in [0.1, 0.15) is 5.84 Å². The third kappa shape index (κ3) is 2.39. The van der Waals surface area contributed by atoms with E-state index >= 15 is 0 Å². The summed E-state index contributed by atoms with van der Waals surface area (Å²) in [7, 11) is 0. The van der Waals surface area contributed by atoms with Gasteiger partial charge in [-0.15, -0.1) is 0 Å². The molecule has 0 amide bonds. The first-order valence-electron chi connectivity index (χ1n) is 3.41. The van der Waals surface area contributed by atoms with Crippen LogP contribution in [-0.4, -0.2) is 12.4 Å². The molecule has 0 spiro atoms. The molecule has 3 heteroatoms. The smallest absolute Gasteiger partial charge is 0.113 e. The van der Waals surface area contributed by atoms with Crippen molar-refractivity contribution >= 4 is 11.5 Å². The molecule has 3 nitrogen and oxygen atoms in total. The molecule has 0 aliphatic heterocycles. The molecule has 0 fully saturated rings. The van der Waals surface area contributed by atoms with Gasteiger partial charge in [-0.3, -0.25) is 0 Å². The van der Waals surface area contributed by atoms with E-state index < -0.39 is 0 Å². The third-order valence-electron chi connectivity index (χ3n) is 1.24. The number of aliphatic imine (C=N–C) groups is 1. The van der Waals surface area contributed by atoms with Crippen LogP contribution in [0.15, 0.2) is 35.3 Å². The van der Waals surface area contributed by atoms with Gasteiger partial charge in [0, 0.05) is 0 Å². The normalized spacial score (nSPS) is 11.5. The van der Waals surface area contributed by atoms with E-state index in [2.05, 4.69) is 4.99 Å². The molecule has 58 valence electrons. The topological polar surface area (TPSA) is 64.4 Å². The van der Waals surface area contributed by atoms with Crippen LogP contribution in [0.4, 0.5) is 5.69 Å². The summed E-state index contributed by atoms with van der Waals surface area (Å²) in [5, 5.41) is 0. The van der Waals surface area contributed by atoms with Crippen molar-refractivity contribution in [1.82, 2.24) is 0 Å². The maximum atomic E-state index is 5.43. The predicted molar refractivity (Wildman–Crippen MR) is 46.8 cm³/mol. The van der Waals surface area contributed by atoms with E-state index in [1.54, 1.807) is 0 Å². The second-order valence-corrected chi connectivity index (χ2v) is 2.14. The highest BCUT2D eigenvalue weighted by Gasteiger charge is 1.87. The Morgan fingerprint density at radius 2 is 1.91 bits per heavy atom. The summed E-state index contributed by atoms with van der Waals surface area (Å²) in [5.41, 5.74) is 11.5. The largest absolute Gasteiger partial charge is 0.386 e. The Kier molecular flexibility index (Phi) is 2.63. The fraction of sp³-hybridized carbons (Fsp3) is 0.125. The Balaban J connectivity index is 2.79. The van der Waals surface area contributed by atoms with E-state index in [9.17, 15) is 0 Å². The lowest BCUT2D eigenvalue weighted by atomic mass is 10.3. The van der Waals surface area contributed by atoms with E-state index in [1.165, 1.54) is 0 Å². The molecule has 0 aliphatic carbocycles. The Labute approximate surface area is 65.7 Å². The van der Waals surface area contributed by atoms with Gasteiger partial charge in [0.2, 0.25) is 0 Å². The number of nitrogens with two attached hydrogens (primary N) is 2. The summed E-state index contributed by atoms with van der Waals surface area (Å²) in [6.45, 7) is 0.300. The Hall–Kier alpha value is -1.35. The molecule has 0 saturated heterocycles. The SMILES string of the molecule is NCC(N)=Nc1ccccc1. The van der Waals surface area contributed by atoms with Crippen molar-refractivity contribution in [1.29, 1.82) is 0 Å². The van der Waals surface area contributed by atoms with E-state index in [0.29, 0.717) is 12.4 Å². The molecule has 0 saturated carbocycles. The number of hydrogen-bond donors (Lipinski definition) is 2. The molecule has 0 radical (unpaired) electrons. The predicted octanol–water partition coefficient (Wildman–Crippen LogP) is 0.634. The first kappa shape index (κ1) is 7.75. The zero-order valence-corrected chi connectivity index (χ0v) is 6.20. The van der Waals surface area contributed by atoms with Gasteiger partial charge < -0.3 is 11.5 Å². The Morgan fingerprint density at radius 3 is 2.45 bits per heavy atom. The summed E-state index contributed by atoms with van der Waals surface area (Å²) < 4.78 is 0. The van der Waals surface area contributed by atoms with Crippen LogP contribution in [-0.2, 0) is 0 Å². The van der Waals surface area contributed by atoms with E-state index in [-0.39, 0.29) is 0 Å². The molecule has 0 aliphatic rings. The lowest BCUT2D eigenvalue weighted by Crippen LogP contribution is -2.22. The van der Waals surface area contributed by atoms with Crippen molar-refractivity contribution in [3.05, 3.63) is 30.3 Å². The van der Waals surface area contributed by atoms with Crippen LogP contribution in [0.3, 0.4) is 0 Å². The van der Waals surface area contributed by atoms with Crippen molar-refractivity contribution < 1.29 is 0 Å². The van der Waals surface area contributed by atoms with Crippen molar-refractivity contribution in [2.75, 3.05) is 6.54 Å². The minimum atomic E-state index is 0.300. The standard InChI is InChI=1S/C8H11N3/c9-6-8(10)11-7-4-2-1-3-5-7/h1-5H,6,9H2,(H2,10,11). The van der Waals surface area contributed by atoms with Gasteiger partial charge >= 0.3 is 0 Å². The van der Waals surface area contributed by atoms with Crippen LogP contribution in [0.5, 0.6) is 0 Å². The second kappa shape index (κ2) is 3.73. The number of amidine groups is 1. The van der Waals surface area contributed by atoms with E-state index in [1.807, 2.05) is 30.3 Å². The third-order valence-corrected chi connectivity index (χ3v) is 1.24. The fourth-order valence-electron chi connectivity index (χ4n) is 0.714. The number of nitrogens with zero attached hydrogens (tertiary/aromatic N) is 1. The van der Waals surface area contributed by atoms with Crippen LogP contribution in [0.2, 0.25) is 0 Å².